The Morgan fingerprint density at radius 2 is 1.22 bits per heavy atom. The third kappa shape index (κ3) is 15.4. The molecule has 0 atom stereocenters. The lowest BCUT2D eigenvalue weighted by Crippen LogP contribution is -2.45. The van der Waals surface area contributed by atoms with E-state index < -0.39 is 14.1 Å². The molecule has 6 N–H and O–H groups in total. The topological polar surface area (TPSA) is 135 Å². The monoisotopic (exact) mass is 359 g/mol. The lowest BCUT2D eigenvalue weighted by molar-refractivity contribution is -0.112. The number of ether oxygens (including phenoxy) is 3. The molecule has 0 aliphatic carbocycles. The van der Waals surface area contributed by atoms with Gasteiger partial charge in [-0.3, -0.25) is 5.50 Å². The van der Waals surface area contributed by atoms with Gasteiger partial charge < -0.3 is 34.2 Å². The number of hydrogen-bond acceptors (Lipinski definition) is 8. The maximum Gasteiger partial charge on any atom is 0.247 e. The van der Waals surface area contributed by atoms with E-state index in [4.69, 9.17) is 29.1 Å². The van der Waals surface area contributed by atoms with Gasteiger partial charge in [0.05, 0.1) is 51.8 Å². The predicted octanol–water partition coefficient (Wildman–Crippen LogP) is 0.228. The van der Waals surface area contributed by atoms with E-state index in [2.05, 4.69) is 5.50 Å². The highest BCUT2D eigenvalue weighted by Crippen LogP contribution is 2.26. The van der Waals surface area contributed by atoms with Crippen LogP contribution in [0.5, 0.6) is 0 Å². The summed E-state index contributed by atoms with van der Waals surface area (Å²) in [5.41, 5.74) is 3.50. The van der Waals surface area contributed by atoms with E-state index in [1.165, 1.54) is 0 Å². The van der Waals surface area contributed by atoms with Crippen LogP contribution in [0.25, 0.3) is 0 Å². The first-order chi connectivity index (χ1) is 10.7. The van der Waals surface area contributed by atoms with Gasteiger partial charge in [-0.05, 0) is 11.8 Å². The Morgan fingerprint density at radius 1 is 0.870 bits per heavy atom. The summed E-state index contributed by atoms with van der Waals surface area (Å²) in [6.45, 7) is 10.6. The van der Waals surface area contributed by atoms with Crippen molar-refractivity contribution < 1.29 is 34.2 Å². The average molecular weight is 359 g/mol. The van der Waals surface area contributed by atoms with Crippen LogP contribution in [-0.4, -0.2) is 71.8 Å². The average Bonchev–Trinajstić information content (AvgIpc) is 2.44. The molecule has 0 saturated heterocycles. The summed E-state index contributed by atoms with van der Waals surface area (Å²) >= 11 is 0. The molecule has 0 saturated carbocycles. The Kier molecular flexibility index (Phi) is 17.2. The van der Waals surface area contributed by atoms with E-state index in [-0.39, 0.29) is 18.4 Å². The van der Waals surface area contributed by atoms with E-state index in [9.17, 15) is 5.11 Å². The van der Waals surface area contributed by atoms with E-state index in [0.717, 1.165) is 0 Å². The minimum absolute atomic E-state index is 0.0338. The Hall–Kier alpha value is 0.110. The SMILES string of the molecule is CC(C)C(O)(COCCOCCOCCO)C(C)C.NP(O)O. The fraction of sp³-hybridized carbons (Fsp3) is 1.00. The molecule has 0 aromatic heterocycles. The summed E-state index contributed by atoms with van der Waals surface area (Å²) in [4.78, 5) is 14.9. The summed E-state index contributed by atoms with van der Waals surface area (Å²) in [5, 5.41) is 19.0. The maximum absolute atomic E-state index is 10.5. The second-order valence-corrected chi connectivity index (χ2v) is 6.26. The van der Waals surface area contributed by atoms with Crippen LogP contribution in [0.3, 0.4) is 0 Å². The van der Waals surface area contributed by atoms with Crippen LogP contribution in [0.4, 0.5) is 0 Å². The standard InChI is InChI=1S/C14H30O5.H4NO2P/c1-12(2)14(16,13(3)4)11-19-10-9-18-8-7-17-6-5-15;1-4(2)3/h12-13,15-16H,5-11H2,1-4H3;2-3H,1H2. The van der Waals surface area contributed by atoms with Crippen LogP contribution in [0.2, 0.25) is 0 Å². The summed E-state index contributed by atoms with van der Waals surface area (Å²) in [6, 6.07) is 0. The number of aliphatic hydroxyl groups excluding tert-OH is 1. The molecule has 0 fully saturated rings. The molecular weight excluding hydrogens is 325 g/mol. The van der Waals surface area contributed by atoms with Crippen LogP contribution >= 0.6 is 8.53 Å². The zero-order valence-electron chi connectivity index (χ0n) is 14.6. The zero-order chi connectivity index (χ0) is 18.3. The third-order valence-electron chi connectivity index (χ3n) is 3.31. The number of aliphatic hydroxyl groups is 2. The molecule has 0 unspecified atom stereocenters. The molecule has 9 heteroatoms. The molecule has 0 aliphatic heterocycles. The minimum atomic E-state index is -2.12. The fourth-order valence-corrected chi connectivity index (χ4v) is 1.74. The van der Waals surface area contributed by atoms with Gasteiger partial charge in [-0.25, -0.2) is 0 Å². The number of hydrogen-bond donors (Lipinski definition) is 5. The van der Waals surface area contributed by atoms with Crippen LogP contribution in [-0.2, 0) is 14.2 Å². The molecule has 0 aromatic carbocycles. The second kappa shape index (κ2) is 15.6. The number of rotatable bonds is 12. The van der Waals surface area contributed by atoms with Gasteiger partial charge in [0, 0.05) is 0 Å². The molecule has 0 aliphatic rings. The van der Waals surface area contributed by atoms with Crippen molar-refractivity contribution in [2.45, 2.75) is 33.3 Å². The van der Waals surface area contributed by atoms with Crippen molar-refractivity contribution in [1.29, 1.82) is 0 Å². The number of nitrogens with two attached hydrogens (primary N) is 1. The first kappa shape index (κ1) is 25.4. The Bertz CT molecular complexity index is 245. The third-order valence-corrected chi connectivity index (χ3v) is 3.31. The van der Waals surface area contributed by atoms with Crippen LogP contribution in [0, 0.1) is 11.8 Å². The van der Waals surface area contributed by atoms with Crippen molar-refractivity contribution in [2.75, 3.05) is 46.2 Å². The first-order valence-corrected chi connectivity index (χ1v) is 8.99. The van der Waals surface area contributed by atoms with Gasteiger partial charge in [-0.1, -0.05) is 27.7 Å². The molecule has 0 aromatic rings. The van der Waals surface area contributed by atoms with Gasteiger partial charge in [0.15, 0.2) is 0 Å². The Morgan fingerprint density at radius 3 is 1.57 bits per heavy atom. The minimum Gasteiger partial charge on any atom is -0.394 e. The van der Waals surface area contributed by atoms with Gasteiger partial charge in [-0.15, -0.1) is 0 Å². The second-order valence-electron chi connectivity index (χ2n) is 5.62. The van der Waals surface area contributed by atoms with Crippen molar-refractivity contribution in [3.8, 4) is 0 Å². The van der Waals surface area contributed by atoms with E-state index in [0.29, 0.717) is 39.6 Å². The van der Waals surface area contributed by atoms with Crippen molar-refractivity contribution >= 4 is 8.53 Å². The van der Waals surface area contributed by atoms with Crippen molar-refractivity contribution in [3.05, 3.63) is 0 Å². The predicted molar refractivity (Wildman–Crippen MR) is 89.7 cm³/mol. The quantitative estimate of drug-likeness (QED) is 0.247. The largest absolute Gasteiger partial charge is 0.394 e. The van der Waals surface area contributed by atoms with Gasteiger partial charge >= 0.3 is 0 Å². The molecule has 8 nitrogen and oxygen atoms in total. The molecular formula is C14H34NO7P. The normalized spacial score (nSPS) is 12.0. The summed E-state index contributed by atoms with van der Waals surface area (Å²) in [5.74, 6) is 0.306. The molecule has 142 valence electrons. The van der Waals surface area contributed by atoms with Crippen LogP contribution < -0.4 is 5.50 Å². The van der Waals surface area contributed by atoms with Crippen molar-refractivity contribution in [2.24, 2.45) is 17.3 Å². The molecule has 0 bridgehead atoms. The summed E-state index contributed by atoms with van der Waals surface area (Å²) < 4.78 is 15.8. The first-order valence-electron chi connectivity index (χ1n) is 7.67. The lowest BCUT2D eigenvalue weighted by Gasteiger charge is -2.35. The summed E-state index contributed by atoms with van der Waals surface area (Å²) in [7, 11) is -2.12. The van der Waals surface area contributed by atoms with Gasteiger partial charge in [-0.2, -0.15) is 0 Å². The summed E-state index contributed by atoms with van der Waals surface area (Å²) in [6.07, 6.45) is 0. The molecule has 0 heterocycles. The molecule has 0 radical (unpaired) electrons. The highest BCUT2D eigenvalue weighted by atomic mass is 31.2. The Balaban J connectivity index is 0. The van der Waals surface area contributed by atoms with Crippen LogP contribution in [0.15, 0.2) is 0 Å². The van der Waals surface area contributed by atoms with E-state index >= 15 is 0 Å². The highest BCUT2D eigenvalue weighted by molar-refractivity contribution is 7.42. The van der Waals surface area contributed by atoms with Crippen molar-refractivity contribution in [3.63, 3.8) is 0 Å². The van der Waals surface area contributed by atoms with Gasteiger partial charge in [0.25, 0.3) is 0 Å². The molecule has 0 spiro atoms. The molecule has 23 heavy (non-hydrogen) atoms. The molecule has 0 rings (SSSR count). The van der Waals surface area contributed by atoms with Gasteiger partial charge in [0.1, 0.15) is 0 Å². The van der Waals surface area contributed by atoms with E-state index in [1.807, 2.05) is 27.7 Å². The highest BCUT2D eigenvalue weighted by Gasteiger charge is 2.34. The van der Waals surface area contributed by atoms with Crippen LogP contribution in [0.1, 0.15) is 27.7 Å². The smallest absolute Gasteiger partial charge is 0.247 e. The lowest BCUT2D eigenvalue weighted by atomic mass is 9.81. The fourth-order valence-electron chi connectivity index (χ4n) is 1.74. The van der Waals surface area contributed by atoms with Crippen molar-refractivity contribution in [1.82, 2.24) is 0 Å². The zero-order valence-corrected chi connectivity index (χ0v) is 15.5. The van der Waals surface area contributed by atoms with Gasteiger partial charge in [0.2, 0.25) is 8.53 Å². The molecule has 0 amide bonds. The van der Waals surface area contributed by atoms with E-state index in [1.54, 1.807) is 0 Å². The maximum atomic E-state index is 10.5. The Labute approximate surface area is 140 Å².